The Morgan fingerprint density at radius 1 is 1.25 bits per heavy atom. The summed E-state index contributed by atoms with van der Waals surface area (Å²) in [7, 11) is 0. The summed E-state index contributed by atoms with van der Waals surface area (Å²) in [5, 5.41) is 3.09. The topological polar surface area (TPSA) is 92.1 Å². The summed E-state index contributed by atoms with van der Waals surface area (Å²) in [6, 6.07) is 9.35. The summed E-state index contributed by atoms with van der Waals surface area (Å²) in [6.07, 6.45) is 1.94. The van der Waals surface area contributed by atoms with E-state index in [9.17, 15) is 9.59 Å². The van der Waals surface area contributed by atoms with Gasteiger partial charge in [0.05, 0.1) is 5.92 Å². The molecule has 104 valence electrons. The van der Waals surface area contributed by atoms with E-state index in [1.165, 1.54) is 0 Å². The normalized spacial score (nSPS) is 21.0. The van der Waals surface area contributed by atoms with E-state index in [4.69, 9.17) is 10.3 Å². The van der Waals surface area contributed by atoms with Gasteiger partial charge in [0.25, 0.3) is 0 Å². The number of hydrogen-bond donors (Lipinski definition) is 0. The Kier molecular flexibility index (Phi) is 4.74. The number of esters is 1. The van der Waals surface area contributed by atoms with Crippen LogP contribution in [-0.2, 0) is 20.9 Å². The molecule has 6 nitrogen and oxygen atoms in total. The van der Waals surface area contributed by atoms with Crippen molar-refractivity contribution in [3.05, 3.63) is 46.3 Å². The van der Waals surface area contributed by atoms with Gasteiger partial charge in [0.1, 0.15) is 6.61 Å². The zero-order chi connectivity index (χ0) is 14.4. The van der Waals surface area contributed by atoms with Gasteiger partial charge in [-0.3, -0.25) is 9.59 Å². The molecule has 1 aromatic rings. The number of hydrogen-bond acceptors (Lipinski definition) is 3. The van der Waals surface area contributed by atoms with Gasteiger partial charge in [-0.2, -0.15) is 0 Å². The molecule has 1 aliphatic rings. The van der Waals surface area contributed by atoms with Crippen molar-refractivity contribution in [1.82, 2.24) is 0 Å². The lowest BCUT2D eigenvalue weighted by atomic mass is 9.95. The third-order valence-electron chi connectivity index (χ3n) is 3.50. The second kappa shape index (κ2) is 6.73. The number of carbonyl (C=O) groups excluding carboxylic acids is 2. The van der Waals surface area contributed by atoms with Crippen LogP contribution in [0.5, 0.6) is 0 Å². The van der Waals surface area contributed by atoms with Gasteiger partial charge in [0.2, 0.25) is 5.91 Å². The fourth-order valence-corrected chi connectivity index (χ4v) is 2.49. The number of nitrogens with zero attached hydrogens (tertiary/aromatic N) is 3. The van der Waals surface area contributed by atoms with Gasteiger partial charge in [-0.1, -0.05) is 36.8 Å². The van der Waals surface area contributed by atoms with Crippen molar-refractivity contribution < 1.29 is 14.3 Å². The minimum Gasteiger partial charge on any atom is -0.461 e. The molecule has 0 spiro atoms. The highest BCUT2D eigenvalue weighted by atomic mass is 16.5. The van der Waals surface area contributed by atoms with E-state index >= 15 is 0 Å². The molecule has 1 amide bonds. The largest absolute Gasteiger partial charge is 0.461 e. The summed E-state index contributed by atoms with van der Waals surface area (Å²) in [5.74, 6) is -1.98. The van der Waals surface area contributed by atoms with Crippen molar-refractivity contribution in [2.24, 2.45) is 17.0 Å². The van der Waals surface area contributed by atoms with E-state index in [-0.39, 0.29) is 6.61 Å². The first-order chi connectivity index (χ1) is 9.72. The Morgan fingerprint density at radius 3 is 2.65 bits per heavy atom. The van der Waals surface area contributed by atoms with E-state index in [0.717, 1.165) is 12.0 Å². The Balaban J connectivity index is 1.94. The van der Waals surface area contributed by atoms with E-state index in [1.807, 2.05) is 30.3 Å². The van der Waals surface area contributed by atoms with Crippen LogP contribution < -0.4 is 0 Å². The molecule has 1 aromatic carbocycles. The number of rotatable bonds is 4. The Hall–Kier alpha value is -2.33. The third-order valence-corrected chi connectivity index (χ3v) is 3.50. The average molecular weight is 273 g/mol. The maximum Gasteiger partial charge on any atom is 0.310 e. The minimum absolute atomic E-state index is 0.193. The van der Waals surface area contributed by atoms with E-state index in [0.29, 0.717) is 12.8 Å². The van der Waals surface area contributed by atoms with Crippen LogP contribution in [0.15, 0.2) is 35.4 Å². The maximum absolute atomic E-state index is 12.0. The predicted molar refractivity (Wildman–Crippen MR) is 71.2 cm³/mol. The van der Waals surface area contributed by atoms with Crippen LogP contribution in [0.1, 0.15) is 24.8 Å². The van der Waals surface area contributed by atoms with Crippen molar-refractivity contribution in [3.63, 3.8) is 0 Å². The average Bonchev–Trinajstić information content (AvgIpc) is 2.96. The second-order valence-electron chi connectivity index (χ2n) is 4.76. The van der Waals surface area contributed by atoms with Crippen molar-refractivity contribution in [2.75, 3.05) is 0 Å². The Morgan fingerprint density at radius 2 is 1.95 bits per heavy atom. The number of azide groups is 1. The highest BCUT2D eigenvalue weighted by Crippen LogP contribution is 2.33. The van der Waals surface area contributed by atoms with E-state index in [1.54, 1.807) is 0 Å². The standard InChI is InChI=1S/C14H15N3O3/c15-17-16-13(18)11-7-4-8-12(11)14(19)20-9-10-5-2-1-3-6-10/h1-3,5-6,11-12H,4,7-9H2/t11-,12+/m0/s1. The van der Waals surface area contributed by atoms with Gasteiger partial charge in [0.15, 0.2) is 0 Å². The van der Waals surface area contributed by atoms with Gasteiger partial charge in [-0.25, -0.2) is 0 Å². The molecule has 6 heteroatoms. The van der Waals surface area contributed by atoms with Crippen LogP contribution in [0.4, 0.5) is 0 Å². The summed E-state index contributed by atoms with van der Waals surface area (Å²) in [5.41, 5.74) is 9.20. The van der Waals surface area contributed by atoms with Crippen LogP contribution in [0, 0.1) is 11.8 Å². The molecule has 0 unspecified atom stereocenters. The molecule has 0 saturated heterocycles. The van der Waals surface area contributed by atoms with Crippen molar-refractivity contribution in [1.29, 1.82) is 0 Å². The number of ether oxygens (including phenoxy) is 1. The summed E-state index contributed by atoms with van der Waals surface area (Å²) >= 11 is 0. The van der Waals surface area contributed by atoms with Crippen LogP contribution in [0.25, 0.3) is 10.4 Å². The van der Waals surface area contributed by atoms with Gasteiger partial charge in [-0.05, 0) is 29.1 Å². The third kappa shape index (κ3) is 3.36. The molecule has 1 aliphatic carbocycles. The lowest BCUT2D eigenvalue weighted by Gasteiger charge is -2.15. The molecule has 0 heterocycles. The summed E-state index contributed by atoms with van der Waals surface area (Å²) in [6.45, 7) is 0.193. The van der Waals surface area contributed by atoms with Crippen LogP contribution in [0.2, 0.25) is 0 Å². The van der Waals surface area contributed by atoms with Gasteiger partial charge in [0, 0.05) is 10.8 Å². The number of benzene rings is 1. The monoisotopic (exact) mass is 273 g/mol. The highest BCUT2D eigenvalue weighted by Gasteiger charge is 2.38. The van der Waals surface area contributed by atoms with E-state index < -0.39 is 23.7 Å². The fourth-order valence-electron chi connectivity index (χ4n) is 2.49. The SMILES string of the molecule is [N-]=[N+]=NC(=O)[C@H]1CCC[C@H]1C(=O)OCc1ccccc1. The van der Waals surface area contributed by atoms with Gasteiger partial charge < -0.3 is 4.74 Å². The van der Waals surface area contributed by atoms with Crippen LogP contribution in [-0.4, -0.2) is 11.9 Å². The summed E-state index contributed by atoms with van der Waals surface area (Å²) in [4.78, 5) is 26.1. The first-order valence-corrected chi connectivity index (χ1v) is 6.52. The number of amides is 1. The first kappa shape index (κ1) is 14.1. The molecule has 2 rings (SSSR count). The minimum atomic E-state index is -0.563. The first-order valence-electron chi connectivity index (χ1n) is 6.52. The molecule has 0 aromatic heterocycles. The lowest BCUT2D eigenvalue weighted by Crippen LogP contribution is -2.26. The van der Waals surface area contributed by atoms with Gasteiger partial charge in [-0.15, -0.1) is 0 Å². The smallest absolute Gasteiger partial charge is 0.310 e. The van der Waals surface area contributed by atoms with Crippen molar-refractivity contribution >= 4 is 11.9 Å². The number of carbonyl (C=O) groups is 2. The molecule has 20 heavy (non-hydrogen) atoms. The fraction of sp³-hybridized carbons (Fsp3) is 0.429. The lowest BCUT2D eigenvalue weighted by molar-refractivity contribution is -0.153. The molecular formula is C14H15N3O3. The molecule has 1 saturated carbocycles. The van der Waals surface area contributed by atoms with Crippen LogP contribution in [0.3, 0.4) is 0 Å². The molecule has 0 radical (unpaired) electrons. The highest BCUT2D eigenvalue weighted by molar-refractivity contribution is 5.86. The molecule has 0 bridgehead atoms. The van der Waals surface area contributed by atoms with Crippen LogP contribution >= 0.6 is 0 Å². The van der Waals surface area contributed by atoms with Gasteiger partial charge >= 0.3 is 5.97 Å². The summed E-state index contributed by atoms with van der Waals surface area (Å²) < 4.78 is 5.24. The zero-order valence-corrected chi connectivity index (χ0v) is 10.9. The molecule has 1 fully saturated rings. The molecule has 0 N–H and O–H groups in total. The van der Waals surface area contributed by atoms with Crippen molar-refractivity contribution in [2.45, 2.75) is 25.9 Å². The molecular weight excluding hydrogens is 258 g/mol. The quantitative estimate of drug-likeness (QED) is 0.365. The molecule has 0 aliphatic heterocycles. The second-order valence-corrected chi connectivity index (χ2v) is 4.76. The predicted octanol–water partition coefficient (Wildman–Crippen LogP) is 2.98. The maximum atomic E-state index is 12.0. The van der Waals surface area contributed by atoms with Crippen molar-refractivity contribution in [3.8, 4) is 0 Å². The molecule has 2 atom stereocenters. The Labute approximate surface area is 116 Å². The Bertz CT molecular complexity index is 538. The zero-order valence-electron chi connectivity index (χ0n) is 10.9. The van der Waals surface area contributed by atoms with E-state index in [2.05, 4.69) is 10.0 Å².